The molecule has 1 N–H and O–H groups in total. The summed E-state index contributed by atoms with van der Waals surface area (Å²) >= 11 is 13.9. The van der Waals surface area contributed by atoms with Crippen molar-refractivity contribution in [2.45, 2.75) is 13.0 Å². The smallest absolute Gasteiger partial charge is 0.238 e. The standard InChI is InChI=1S/C15H14Cl2N2OS/c16-11-2-1-3-12(17)15(11)18-14(20)9-19-6-4-13-10(8-19)5-7-21-13/h1-3,5,7H,4,6,8-9H2,(H,18,20). The number of nitrogens with one attached hydrogen (secondary N) is 1. The van der Waals surface area contributed by atoms with Gasteiger partial charge in [0, 0.05) is 18.0 Å². The van der Waals surface area contributed by atoms with Gasteiger partial charge in [-0.3, -0.25) is 9.69 Å². The summed E-state index contributed by atoms with van der Waals surface area (Å²) in [6.45, 7) is 2.07. The monoisotopic (exact) mass is 340 g/mol. The summed E-state index contributed by atoms with van der Waals surface area (Å²) in [6, 6.07) is 7.31. The van der Waals surface area contributed by atoms with Gasteiger partial charge in [0.15, 0.2) is 0 Å². The van der Waals surface area contributed by atoms with E-state index in [-0.39, 0.29) is 5.91 Å². The molecule has 0 saturated carbocycles. The molecule has 0 unspecified atom stereocenters. The topological polar surface area (TPSA) is 32.3 Å². The van der Waals surface area contributed by atoms with Crippen molar-refractivity contribution in [2.75, 3.05) is 18.4 Å². The second kappa shape index (κ2) is 6.36. The van der Waals surface area contributed by atoms with E-state index in [0.29, 0.717) is 22.3 Å². The lowest BCUT2D eigenvalue weighted by molar-refractivity contribution is -0.117. The van der Waals surface area contributed by atoms with Crippen molar-refractivity contribution in [1.29, 1.82) is 0 Å². The number of carbonyl (C=O) groups excluding carboxylic acids is 1. The number of thiophene rings is 1. The minimum absolute atomic E-state index is 0.0938. The number of nitrogens with zero attached hydrogens (tertiary/aromatic N) is 1. The molecular weight excluding hydrogens is 327 g/mol. The maximum absolute atomic E-state index is 12.2. The van der Waals surface area contributed by atoms with Crippen molar-refractivity contribution >= 4 is 46.1 Å². The number of hydrogen-bond donors (Lipinski definition) is 1. The van der Waals surface area contributed by atoms with Crippen molar-refractivity contribution < 1.29 is 4.79 Å². The van der Waals surface area contributed by atoms with Crippen molar-refractivity contribution in [2.24, 2.45) is 0 Å². The normalized spacial score (nSPS) is 14.8. The molecule has 21 heavy (non-hydrogen) atoms. The van der Waals surface area contributed by atoms with Crippen LogP contribution in [0.4, 0.5) is 5.69 Å². The molecule has 0 aliphatic carbocycles. The number of carbonyl (C=O) groups is 1. The van der Waals surface area contributed by atoms with Gasteiger partial charge in [-0.1, -0.05) is 29.3 Å². The zero-order valence-corrected chi connectivity index (χ0v) is 13.6. The van der Waals surface area contributed by atoms with Crippen molar-refractivity contribution in [3.05, 3.63) is 50.1 Å². The van der Waals surface area contributed by atoms with Crippen LogP contribution in [0.5, 0.6) is 0 Å². The van der Waals surface area contributed by atoms with E-state index in [0.717, 1.165) is 19.5 Å². The van der Waals surface area contributed by atoms with Gasteiger partial charge in [0.2, 0.25) is 5.91 Å². The van der Waals surface area contributed by atoms with Crippen LogP contribution in [0.25, 0.3) is 0 Å². The number of anilines is 1. The molecule has 0 bridgehead atoms. The zero-order valence-electron chi connectivity index (χ0n) is 11.2. The first kappa shape index (κ1) is 14.9. The second-order valence-corrected chi connectivity index (χ2v) is 6.79. The van der Waals surface area contributed by atoms with Crippen LogP contribution in [0.2, 0.25) is 10.0 Å². The number of hydrogen-bond acceptors (Lipinski definition) is 3. The molecule has 110 valence electrons. The molecule has 1 aromatic heterocycles. The largest absolute Gasteiger partial charge is 0.322 e. The Morgan fingerprint density at radius 2 is 2.05 bits per heavy atom. The van der Waals surface area contributed by atoms with E-state index in [9.17, 15) is 4.79 Å². The predicted octanol–water partition coefficient (Wildman–Crippen LogP) is 4.05. The van der Waals surface area contributed by atoms with Crippen LogP contribution in [0, 0.1) is 0 Å². The highest BCUT2D eigenvalue weighted by Crippen LogP contribution is 2.30. The summed E-state index contributed by atoms with van der Waals surface area (Å²) < 4.78 is 0. The van der Waals surface area contributed by atoms with Crippen molar-refractivity contribution in [1.82, 2.24) is 4.90 Å². The molecule has 2 aromatic rings. The van der Waals surface area contributed by atoms with E-state index in [2.05, 4.69) is 21.7 Å². The van der Waals surface area contributed by atoms with E-state index >= 15 is 0 Å². The van der Waals surface area contributed by atoms with E-state index in [1.165, 1.54) is 10.4 Å². The molecule has 0 saturated heterocycles. The van der Waals surface area contributed by atoms with Crippen LogP contribution in [-0.2, 0) is 17.8 Å². The third-order valence-corrected chi connectivity index (χ3v) is 5.13. The molecule has 3 rings (SSSR count). The van der Waals surface area contributed by atoms with Crippen molar-refractivity contribution in [3.8, 4) is 0 Å². The van der Waals surface area contributed by atoms with Gasteiger partial charge in [0.05, 0.1) is 22.3 Å². The highest BCUT2D eigenvalue weighted by atomic mass is 35.5. The van der Waals surface area contributed by atoms with Crippen LogP contribution in [0.15, 0.2) is 29.6 Å². The Bertz CT molecular complexity index is 651. The summed E-state index contributed by atoms with van der Waals surface area (Å²) in [7, 11) is 0. The van der Waals surface area contributed by atoms with Crippen LogP contribution in [0.1, 0.15) is 10.4 Å². The molecular formula is C15H14Cl2N2OS. The summed E-state index contributed by atoms with van der Waals surface area (Å²) in [4.78, 5) is 15.7. The average Bonchev–Trinajstić information content (AvgIpc) is 2.90. The van der Waals surface area contributed by atoms with Gasteiger partial charge < -0.3 is 5.32 Å². The van der Waals surface area contributed by atoms with Crippen LogP contribution in [0.3, 0.4) is 0 Å². The number of fused-ring (bicyclic) bond motifs is 1. The zero-order chi connectivity index (χ0) is 14.8. The first-order valence-electron chi connectivity index (χ1n) is 6.65. The Morgan fingerprint density at radius 3 is 2.81 bits per heavy atom. The van der Waals surface area contributed by atoms with Gasteiger partial charge in [-0.15, -0.1) is 11.3 Å². The number of rotatable bonds is 3. The van der Waals surface area contributed by atoms with Gasteiger partial charge in [0.1, 0.15) is 0 Å². The number of halogens is 2. The van der Waals surface area contributed by atoms with E-state index in [1.807, 2.05) is 0 Å². The molecule has 6 heteroatoms. The summed E-state index contributed by atoms with van der Waals surface area (Å²) in [6.07, 6.45) is 1.01. The SMILES string of the molecule is O=C(CN1CCc2sccc2C1)Nc1c(Cl)cccc1Cl. The maximum atomic E-state index is 12.2. The fourth-order valence-electron chi connectivity index (χ4n) is 2.44. The average molecular weight is 341 g/mol. The van der Waals surface area contributed by atoms with Gasteiger partial charge >= 0.3 is 0 Å². The molecule has 3 nitrogen and oxygen atoms in total. The molecule has 0 fully saturated rings. The van der Waals surface area contributed by atoms with Gasteiger partial charge in [-0.05, 0) is 35.6 Å². The third-order valence-electron chi connectivity index (χ3n) is 3.48. The molecule has 1 aliphatic heterocycles. The lowest BCUT2D eigenvalue weighted by atomic mass is 10.1. The van der Waals surface area contributed by atoms with E-state index in [1.54, 1.807) is 29.5 Å². The minimum Gasteiger partial charge on any atom is -0.322 e. The van der Waals surface area contributed by atoms with Crippen LogP contribution in [-0.4, -0.2) is 23.9 Å². The van der Waals surface area contributed by atoms with Gasteiger partial charge in [-0.25, -0.2) is 0 Å². The highest BCUT2D eigenvalue weighted by molar-refractivity contribution is 7.10. The maximum Gasteiger partial charge on any atom is 0.238 e. The number of para-hydroxylation sites is 1. The van der Waals surface area contributed by atoms with Crippen molar-refractivity contribution in [3.63, 3.8) is 0 Å². The van der Waals surface area contributed by atoms with Crippen LogP contribution >= 0.6 is 34.5 Å². The van der Waals surface area contributed by atoms with E-state index in [4.69, 9.17) is 23.2 Å². The quantitative estimate of drug-likeness (QED) is 0.913. The Kier molecular flexibility index (Phi) is 4.50. The summed E-state index contributed by atoms with van der Waals surface area (Å²) in [5.74, 6) is -0.0938. The van der Waals surface area contributed by atoms with Crippen LogP contribution < -0.4 is 5.32 Å². The second-order valence-electron chi connectivity index (χ2n) is 4.97. The third kappa shape index (κ3) is 3.40. The number of amides is 1. The fraction of sp³-hybridized carbons (Fsp3) is 0.267. The Morgan fingerprint density at radius 1 is 1.29 bits per heavy atom. The molecule has 1 amide bonds. The molecule has 1 aromatic carbocycles. The molecule has 0 radical (unpaired) electrons. The number of benzene rings is 1. The highest BCUT2D eigenvalue weighted by Gasteiger charge is 2.20. The van der Waals surface area contributed by atoms with E-state index < -0.39 is 0 Å². The lowest BCUT2D eigenvalue weighted by Gasteiger charge is -2.26. The molecule has 2 heterocycles. The van der Waals surface area contributed by atoms with Gasteiger partial charge in [0.25, 0.3) is 0 Å². The Hall–Kier alpha value is -1.07. The minimum atomic E-state index is -0.0938. The predicted molar refractivity (Wildman–Crippen MR) is 88.4 cm³/mol. The molecule has 0 spiro atoms. The Labute approximate surface area is 137 Å². The lowest BCUT2D eigenvalue weighted by Crippen LogP contribution is -2.36. The van der Waals surface area contributed by atoms with Gasteiger partial charge in [-0.2, -0.15) is 0 Å². The first-order valence-corrected chi connectivity index (χ1v) is 8.28. The summed E-state index contributed by atoms with van der Waals surface area (Å²) in [5.41, 5.74) is 1.81. The molecule has 0 atom stereocenters. The Balaban J connectivity index is 1.63. The first-order chi connectivity index (χ1) is 10.1. The molecule has 1 aliphatic rings. The summed E-state index contributed by atoms with van der Waals surface area (Å²) in [5, 5.41) is 5.82. The fourth-order valence-corrected chi connectivity index (χ4v) is 3.82.